The molecule has 3 heteroatoms. The third-order valence-electron chi connectivity index (χ3n) is 1.59. The second-order valence-electron chi connectivity index (χ2n) is 2.51. The van der Waals surface area contributed by atoms with Gasteiger partial charge in [0.1, 0.15) is 0 Å². The highest BCUT2D eigenvalue weighted by molar-refractivity contribution is 7.16. The summed E-state index contributed by atoms with van der Waals surface area (Å²) in [6.45, 7) is 3.13. The summed E-state index contributed by atoms with van der Waals surface area (Å²) in [6.07, 6.45) is 1.08. The molecule has 0 aliphatic rings. The van der Waals surface area contributed by atoms with Gasteiger partial charge in [0.05, 0.1) is 4.34 Å². The molecule has 0 fully saturated rings. The van der Waals surface area contributed by atoms with Crippen molar-refractivity contribution in [1.29, 1.82) is 0 Å². The Labute approximate surface area is 76.4 Å². The summed E-state index contributed by atoms with van der Waals surface area (Å²) in [5, 5.41) is 3.12. The zero-order chi connectivity index (χ0) is 8.27. The van der Waals surface area contributed by atoms with Gasteiger partial charge in [-0.15, -0.1) is 11.3 Å². The number of likely N-dealkylation sites (N-methyl/N-ethyl adjacent to an activating group) is 1. The molecule has 0 spiro atoms. The van der Waals surface area contributed by atoms with Crippen molar-refractivity contribution in [1.82, 2.24) is 5.32 Å². The van der Waals surface area contributed by atoms with E-state index in [0.717, 1.165) is 17.3 Å². The van der Waals surface area contributed by atoms with E-state index in [-0.39, 0.29) is 0 Å². The molecule has 0 atom stereocenters. The van der Waals surface area contributed by atoms with Gasteiger partial charge in [0.25, 0.3) is 0 Å². The van der Waals surface area contributed by atoms with E-state index in [1.807, 2.05) is 13.1 Å². The van der Waals surface area contributed by atoms with Gasteiger partial charge in [-0.3, -0.25) is 0 Å². The van der Waals surface area contributed by atoms with Gasteiger partial charge in [0.2, 0.25) is 0 Å². The monoisotopic (exact) mass is 189 g/mol. The summed E-state index contributed by atoms with van der Waals surface area (Å²) in [5.74, 6) is 0. The Morgan fingerprint density at radius 1 is 1.64 bits per heavy atom. The van der Waals surface area contributed by atoms with E-state index in [2.05, 4.69) is 12.2 Å². The van der Waals surface area contributed by atoms with E-state index >= 15 is 0 Å². The highest BCUT2D eigenvalue weighted by Gasteiger charge is 2.02. The Morgan fingerprint density at radius 3 is 2.82 bits per heavy atom. The Hall–Kier alpha value is -0.0500. The fraction of sp³-hybridized carbons (Fsp3) is 0.500. The average Bonchev–Trinajstić information content (AvgIpc) is 2.26. The molecule has 0 bridgehead atoms. The summed E-state index contributed by atoms with van der Waals surface area (Å²) in [5.41, 5.74) is 1.32. The van der Waals surface area contributed by atoms with Crippen molar-refractivity contribution in [3.63, 3.8) is 0 Å². The molecule has 0 unspecified atom stereocenters. The molecule has 1 heterocycles. The number of halogens is 1. The van der Waals surface area contributed by atoms with Crippen LogP contribution < -0.4 is 5.32 Å². The van der Waals surface area contributed by atoms with Gasteiger partial charge in [0, 0.05) is 4.88 Å². The lowest BCUT2D eigenvalue weighted by Crippen LogP contribution is -2.09. The molecular formula is C8H12ClNS. The first-order chi connectivity index (χ1) is 5.24. The molecule has 0 radical (unpaired) electrons. The molecular weight excluding hydrogens is 178 g/mol. The van der Waals surface area contributed by atoms with Crippen LogP contribution in [0.3, 0.4) is 0 Å². The van der Waals surface area contributed by atoms with Crippen LogP contribution in [0.2, 0.25) is 4.34 Å². The van der Waals surface area contributed by atoms with Crippen molar-refractivity contribution in [3.05, 3.63) is 20.8 Å². The molecule has 1 nitrogen and oxygen atoms in total. The van der Waals surface area contributed by atoms with Crippen LogP contribution in [0.15, 0.2) is 6.07 Å². The van der Waals surface area contributed by atoms with Crippen LogP contribution in [0.5, 0.6) is 0 Å². The maximum absolute atomic E-state index is 5.84. The summed E-state index contributed by atoms with van der Waals surface area (Å²) < 4.78 is 0.897. The largest absolute Gasteiger partial charge is 0.319 e. The van der Waals surface area contributed by atoms with Crippen molar-refractivity contribution in [3.8, 4) is 0 Å². The minimum Gasteiger partial charge on any atom is -0.319 e. The lowest BCUT2D eigenvalue weighted by atomic mass is 10.2. The lowest BCUT2D eigenvalue weighted by molar-refractivity contribution is 0.797. The quantitative estimate of drug-likeness (QED) is 0.771. The minimum absolute atomic E-state index is 0.897. The van der Waals surface area contributed by atoms with Crippen molar-refractivity contribution in [2.24, 2.45) is 0 Å². The maximum atomic E-state index is 5.84. The third kappa shape index (κ3) is 2.47. The van der Waals surface area contributed by atoms with E-state index in [0.29, 0.717) is 0 Å². The van der Waals surface area contributed by atoms with E-state index in [9.17, 15) is 0 Å². The molecule has 0 amide bonds. The van der Waals surface area contributed by atoms with Crippen LogP contribution in [-0.2, 0) is 6.42 Å². The second-order valence-corrected chi connectivity index (χ2v) is 4.28. The molecule has 0 saturated heterocycles. The van der Waals surface area contributed by atoms with E-state index in [4.69, 9.17) is 11.6 Å². The SMILES string of the molecule is CNCCc1sc(Cl)cc1C. The Morgan fingerprint density at radius 2 is 2.36 bits per heavy atom. The summed E-state index contributed by atoms with van der Waals surface area (Å²) in [6, 6.07) is 2.03. The summed E-state index contributed by atoms with van der Waals surface area (Å²) >= 11 is 7.52. The van der Waals surface area contributed by atoms with Crippen molar-refractivity contribution in [2.45, 2.75) is 13.3 Å². The van der Waals surface area contributed by atoms with Crippen LogP contribution in [0.4, 0.5) is 0 Å². The van der Waals surface area contributed by atoms with Crippen LogP contribution >= 0.6 is 22.9 Å². The van der Waals surface area contributed by atoms with E-state index < -0.39 is 0 Å². The molecule has 0 aliphatic heterocycles. The molecule has 11 heavy (non-hydrogen) atoms. The predicted molar refractivity (Wildman–Crippen MR) is 51.7 cm³/mol. The first-order valence-electron chi connectivity index (χ1n) is 3.63. The van der Waals surface area contributed by atoms with Gasteiger partial charge < -0.3 is 5.32 Å². The zero-order valence-corrected chi connectivity index (χ0v) is 8.35. The number of nitrogens with one attached hydrogen (secondary N) is 1. The standard InChI is InChI=1S/C8H12ClNS/c1-6-5-8(9)11-7(6)3-4-10-2/h5,10H,3-4H2,1-2H3. The molecule has 1 rings (SSSR count). The summed E-state index contributed by atoms with van der Waals surface area (Å²) in [4.78, 5) is 1.39. The molecule has 0 saturated carbocycles. The average molecular weight is 190 g/mol. The minimum atomic E-state index is 0.897. The van der Waals surface area contributed by atoms with Gasteiger partial charge in [-0.1, -0.05) is 11.6 Å². The third-order valence-corrected chi connectivity index (χ3v) is 3.02. The zero-order valence-electron chi connectivity index (χ0n) is 6.78. The van der Waals surface area contributed by atoms with Gasteiger partial charge >= 0.3 is 0 Å². The molecule has 0 aliphatic carbocycles. The van der Waals surface area contributed by atoms with Crippen molar-refractivity contribution in [2.75, 3.05) is 13.6 Å². The van der Waals surface area contributed by atoms with Gasteiger partial charge in [-0.05, 0) is 38.6 Å². The smallest absolute Gasteiger partial charge is 0.0933 e. The highest BCUT2D eigenvalue weighted by Crippen LogP contribution is 2.26. The van der Waals surface area contributed by atoms with Gasteiger partial charge in [-0.25, -0.2) is 0 Å². The topological polar surface area (TPSA) is 12.0 Å². The van der Waals surface area contributed by atoms with Gasteiger partial charge in [-0.2, -0.15) is 0 Å². The van der Waals surface area contributed by atoms with Crippen molar-refractivity contribution >= 4 is 22.9 Å². The Kier molecular flexibility index (Phi) is 3.37. The predicted octanol–water partition coefficient (Wildman–Crippen LogP) is 2.47. The fourth-order valence-electron chi connectivity index (χ4n) is 0.965. The molecule has 1 aromatic heterocycles. The Balaban J connectivity index is 2.62. The highest BCUT2D eigenvalue weighted by atomic mass is 35.5. The number of rotatable bonds is 3. The maximum Gasteiger partial charge on any atom is 0.0933 e. The summed E-state index contributed by atoms with van der Waals surface area (Å²) in [7, 11) is 1.96. The van der Waals surface area contributed by atoms with E-state index in [1.165, 1.54) is 10.4 Å². The first-order valence-corrected chi connectivity index (χ1v) is 4.83. The molecule has 0 aromatic carbocycles. The molecule has 1 aromatic rings. The lowest BCUT2D eigenvalue weighted by Gasteiger charge is -1.96. The van der Waals surface area contributed by atoms with Crippen LogP contribution in [0.1, 0.15) is 10.4 Å². The van der Waals surface area contributed by atoms with Gasteiger partial charge in [0.15, 0.2) is 0 Å². The second kappa shape index (κ2) is 4.10. The Bertz CT molecular complexity index is 232. The van der Waals surface area contributed by atoms with Crippen LogP contribution in [0, 0.1) is 6.92 Å². The number of hydrogen-bond donors (Lipinski definition) is 1. The molecule has 1 N–H and O–H groups in total. The fourth-order valence-corrected chi connectivity index (χ4v) is 2.30. The normalized spacial score (nSPS) is 10.5. The first kappa shape index (κ1) is 9.04. The van der Waals surface area contributed by atoms with E-state index in [1.54, 1.807) is 11.3 Å². The number of thiophene rings is 1. The number of hydrogen-bond acceptors (Lipinski definition) is 2. The van der Waals surface area contributed by atoms with Crippen LogP contribution in [-0.4, -0.2) is 13.6 Å². The van der Waals surface area contributed by atoms with Crippen molar-refractivity contribution < 1.29 is 0 Å². The molecule has 62 valence electrons. The number of aryl methyl sites for hydroxylation is 1. The van der Waals surface area contributed by atoms with Crippen LogP contribution in [0.25, 0.3) is 0 Å².